The van der Waals surface area contributed by atoms with E-state index in [9.17, 15) is 4.79 Å². The van der Waals surface area contributed by atoms with Crippen LogP contribution in [0.25, 0.3) is 0 Å². The minimum absolute atomic E-state index is 0.146. The van der Waals surface area contributed by atoms with Gasteiger partial charge in [-0.15, -0.1) is 0 Å². The molecule has 56 valence electrons. The molecule has 4 N–H and O–H groups in total. The molecule has 0 atom stereocenters. The van der Waals surface area contributed by atoms with Gasteiger partial charge in [-0.25, -0.2) is 4.79 Å². The molecule has 1 aromatic rings. The first-order valence-electron chi connectivity index (χ1n) is 3.29. The Morgan fingerprint density at radius 2 is 2.40 bits per heavy atom. The van der Waals surface area contributed by atoms with Gasteiger partial charge in [0.15, 0.2) is 0 Å². The first-order chi connectivity index (χ1) is 4.83. The van der Waals surface area contributed by atoms with Gasteiger partial charge in [0.25, 0.3) is 0 Å². The molecule has 1 heterocycles. The Morgan fingerprint density at radius 1 is 1.60 bits per heavy atom. The fourth-order valence-corrected chi connectivity index (χ4v) is 0.798. The van der Waals surface area contributed by atoms with Crippen molar-refractivity contribution in [3.63, 3.8) is 0 Å². The number of rotatable bonds is 3. The van der Waals surface area contributed by atoms with Crippen molar-refractivity contribution in [1.82, 2.24) is 9.97 Å². The van der Waals surface area contributed by atoms with Crippen molar-refractivity contribution >= 4 is 0 Å². The van der Waals surface area contributed by atoms with Crippen LogP contribution in [0.3, 0.4) is 0 Å². The van der Waals surface area contributed by atoms with E-state index >= 15 is 0 Å². The number of nitrogens with two attached hydrogens (primary N) is 1. The lowest BCUT2D eigenvalue weighted by Gasteiger charge is -1.90. The van der Waals surface area contributed by atoms with Crippen LogP contribution in [0.2, 0.25) is 0 Å². The summed E-state index contributed by atoms with van der Waals surface area (Å²) in [4.78, 5) is 15.7. The van der Waals surface area contributed by atoms with Crippen LogP contribution in [-0.4, -0.2) is 16.5 Å². The molecule has 0 radical (unpaired) electrons. The summed E-state index contributed by atoms with van der Waals surface area (Å²) in [5, 5.41) is 0. The maximum atomic E-state index is 10.5. The van der Waals surface area contributed by atoms with Gasteiger partial charge in [-0.1, -0.05) is 0 Å². The summed E-state index contributed by atoms with van der Waals surface area (Å²) >= 11 is 0. The van der Waals surface area contributed by atoms with Gasteiger partial charge in [-0.3, -0.25) is 0 Å². The van der Waals surface area contributed by atoms with Crippen LogP contribution in [0.5, 0.6) is 0 Å². The molecule has 0 aromatic carbocycles. The second-order valence-electron chi connectivity index (χ2n) is 2.16. The molecule has 0 amide bonds. The number of aromatic nitrogens is 2. The summed E-state index contributed by atoms with van der Waals surface area (Å²) in [5.74, 6) is 0. The third-order valence-electron chi connectivity index (χ3n) is 1.30. The zero-order valence-electron chi connectivity index (χ0n) is 5.68. The quantitative estimate of drug-likeness (QED) is 0.535. The third-order valence-corrected chi connectivity index (χ3v) is 1.30. The molecule has 0 spiro atoms. The van der Waals surface area contributed by atoms with Crippen molar-refractivity contribution in [2.24, 2.45) is 5.73 Å². The maximum absolute atomic E-state index is 10.5. The molecule has 0 fully saturated rings. The zero-order valence-corrected chi connectivity index (χ0v) is 5.68. The number of aryl methyl sites for hydroxylation is 1. The first-order valence-corrected chi connectivity index (χ1v) is 3.29. The Kier molecular flexibility index (Phi) is 2.28. The molecule has 0 aliphatic carbocycles. The van der Waals surface area contributed by atoms with E-state index in [0.717, 1.165) is 18.5 Å². The lowest BCUT2D eigenvalue weighted by atomic mass is 10.2. The lowest BCUT2D eigenvalue weighted by Crippen LogP contribution is -2.03. The molecule has 0 saturated carbocycles. The van der Waals surface area contributed by atoms with E-state index in [4.69, 9.17) is 5.73 Å². The molecule has 0 saturated heterocycles. The van der Waals surface area contributed by atoms with Crippen molar-refractivity contribution in [3.8, 4) is 0 Å². The third kappa shape index (κ3) is 1.73. The Labute approximate surface area is 58.5 Å². The number of nitrogens with one attached hydrogen (secondary N) is 2. The topological polar surface area (TPSA) is 74.7 Å². The van der Waals surface area contributed by atoms with Gasteiger partial charge in [-0.2, -0.15) is 0 Å². The first kappa shape index (κ1) is 7.08. The van der Waals surface area contributed by atoms with E-state index in [1.807, 2.05) is 0 Å². The second kappa shape index (κ2) is 3.22. The van der Waals surface area contributed by atoms with Gasteiger partial charge in [0.05, 0.1) is 0 Å². The highest BCUT2D eigenvalue weighted by Crippen LogP contribution is 1.91. The van der Waals surface area contributed by atoms with Gasteiger partial charge in [0.1, 0.15) is 0 Å². The number of hydrogen-bond donors (Lipinski definition) is 3. The fourth-order valence-electron chi connectivity index (χ4n) is 0.798. The molecule has 0 unspecified atom stereocenters. The monoisotopic (exact) mass is 141 g/mol. The number of imidazole rings is 1. The summed E-state index contributed by atoms with van der Waals surface area (Å²) in [7, 11) is 0. The van der Waals surface area contributed by atoms with Crippen LogP contribution < -0.4 is 11.4 Å². The van der Waals surface area contributed by atoms with Gasteiger partial charge in [-0.05, 0) is 19.4 Å². The molecule has 1 rings (SSSR count). The molecular weight excluding hydrogens is 130 g/mol. The summed E-state index contributed by atoms with van der Waals surface area (Å²) in [6.45, 7) is 0.660. The molecule has 4 heteroatoms. The van der Waals surface area contributed by atoms with Crippen LogP contribution in [-0.2, 0) is 6.42 Å². The predicted molar refractivity (Wildman–Crippen MR) is 38.8 cm³/mol. The van der Waals surface area contributed by atoms with Crippen LogP contribution in [0.1, 0.15) is 12.1 Å². The van der Waals surface area contributed by atoms with Crippen molar-refractivity contribution < 1.29 is 0 Å². The van der Waals surface area contributed by atoms with E-state index in [0.29, 0.717) is 6.54 Å². The minimum atomic E-state index is -0.146. The van der Waals surface area contributed by atoms with Crippen molar-refractivity contribution in [3.05, 3.63) is 22.4 Å². The lowest BCUT2D eigenvalue weighted by molar-refractivity contribution is 0.814. The Balaban J connectivity index is 2.50. The summed E-state index contributed by atoms with van der Waals surface area (Å²) < 4.78 is 0. The number of hydrogen-bond acceptors (Lipinski definition) is 2. The van der Waals surface area contributed by atoms with Crippen LogP contribution >= 0.6 is 0 Å². The highest BCUT2D eigenvalue weighted by molar-refractivity contribution is 4.94. The highest BCUT2D eigenvalue weighted by Gasteiger charge is 1.92. The number of H-pyrrole nitrogens is 2. The van der Waals surface area contributed by atoms with E-state index in [1.165, 1.54) is 0 Å². The van der Waals surface area contributed by atoms with Gasteiger partial charge < -0.3 is 15.7 Å². The minimum Gasteiger partial charge on any atom is -0.330 e. The molecule has 10 heavy (non-hydrogen) atoms. The SMILES string of the molecule is NCCCc1c[nH]c(=O)[nH]1. The van der Waals surface area contributed by atoms with E-state index in [2.05, 4.69) is 9.97 Å². The average molecular weight is 141 g/mol. The average Bonchev–Trinajstić information content (AvgIpc) is 2.31. The summed E-state index contributed by atoms with van der Waals surface area (Å²) in [6.07, 6.45) is 3.43. The second-order valence-corrected chi connectivity index (χ2v) is 2.16. The van der Waals surface area contributed by atoms with E-state index in [1.54, 1.807) is 6.20 Å². The summed E-state index contributed by atoms with van der Waals surface area (Å²) in [6, 6.07) is 0. The van der Waals surface area contributed by atoms with Crippen LogP contribution in [0.15, 0.2) is 11.0 Å². The van der Waals surface area contributed by atoms with Crippen LogP contribution in [0.4, 0.5) is 0 Å². The molecule has 0 aliphatic rings. The molecular formula is C6H11N3O. The van der Waals surface area contributed by atoms with Crippen molar-refractivity contribution in [1.29, 1.82) is 0 Å². The van der Waals surface area contributed by atoms with Gasteiger partial charge in [0.2, 0.25) is 0 Å². The maximum Gasteiger partial charge on any atom is 0.323 e. The Morgan fingerprint density at radius 3 is 2.90 bits per heavy atom. The standard InChI is InChI=1S/C6H11N3O/c7-3-1-2-5-4-8-6(10)9-5/h4H,1-3,7H2,(H2,8,9,10). The normalized spacial score (nSPS) is 10.1. The fraction of sp³-hybridized carbons (Fsp3) is 0.500. The largest absolute Gasteiger partial charge is 0.330 e. The number of aromatic amines is 2. The van der Waals surface area contributed by atoms with Crippen LogP contribution in [0, 0.1) is 0 Å². The predicted octanol–water partition coefficient (Wildman–Crippen LogP) is -0.406. The Bertz CT molecular complexity index is 237. The smallest absolute Gasteiger partial charge is 0.323 e. The van der Waals surface area contributed by atoms with Gasteiger partial charge >= 0.3 is 5.69 Å². The highest BCUT2D eigenvalue weighted by atomic mass is 16.1. The van der Waals surface area contributed by atoms with Gasteiger partial charge in [0, 0.05) is 11.9 Å². The summed E-state index contributed by atoms with van der Waals surface area (Å²) in [5.41, 5.74) is 6.06. The molecule has 1 aromatic heterocycles. The van der Waals surface area contributed by atoms with Crippen molar-refractivity contribution in [2.75, 3.05) is 6.54 Å². The van der Waals surface area contributed by atoms with E-state index < -0.39 is 0 Å². The zero-order chi connectivity index (χ0) is 7.40. The molecule has 0 bridgehead atoms. The molecule has 4 nitrogen and oxygen atoms in total. The van der Waals surface area contributed by atoms with E-state index in [-0.39, 0.29) is 5.69 Å². The van der Waals surface area contributed by atoms with Crippen molar-refractivity contribution in [2.45, 2.75) is 12.8 Å². The Hall–Kier alpha value is -1.03. The molecule has 0 aliphatic heterocycles.